The van der Waals surface area contributed by atoms with Gasteiger partial charge in [-0.15, -0.1) is 0 Å². The van der Waals surface area contributed by atoms with Crippen LogP contribution in [-0.2, 0) is 4.74 Å². The molecule has 2 fully saturated rings. The quantitative estimate of drug-likeness (QED) is 0.722. The predicted octanol–water partition coefficient (Wildman–Crippen LogP) is 5.43. The van der Waals surface area contributed by atoms with E-state index in [0.717, 1.165) is 29.4 Å². The second kappa shape index (κ2) is 6.49. The van der Waals surface area contributed by atoms with Crippen LogP contribution in [0, 0.1) is 11.8 Å². The third kappa shape index (κ3) is 3.20. The zero-order valence-electron chi connectivity index (χ0n) is 12.4. The molecule has 3 rings (SSSR count). The maximum Gasteiger partial charge on any atom is 0.0577 e. The SMILES string of the molecule is CCOC1CCC2CC(c3ccc(Cl)cc3)CCC2C1. The highest BCUT2D eigenvalue weighted by atomic mass is 35.5. The molecule has 2 aliphatic carbocycles. The third-order valence-electron chi connectivity index (χ3n) is 5.31. The molecule has 2 heteroatoms. The summed E-state index contributed by atoms with van der Waals surface area (Å²) in [4.78, 5) is 0. The molecule has 0 N–H and O–H groups in total. The fourth-order valence-corrected chi connectivity index (χ4v) is 4.40. The smallest absolute Gasteiger partial charge is 0.0577 e. The Labute approximate surface area is 127 Å². The molecule has 0 aliphatic heterocycles. The molecule has 2 saturated carbocycles. The van der Waals surface area contributed by atoms with Crippen LogP contribution in [0.15, 0.2) is 24.3 Å². The second-order valence-corrected chi connectivity index (χ2v) is 6.91. The molecule has 0 radical (unpaired) electrons. The lowest BCUT2D eigenvalue weighted by Gasteiger charge is -2.42. The highest BCUT2D eigenvalue weighted by Gasteiger charge is 2.36. The molecule has 1 nitrogen and oxygen atoms in total. The van der Waals surface area contributed by atoms with Crippen LogP contribution in [0.2, 0.25) is 5.02 Å². The first kappa shape index (κ1) is 14.4. The summed E-state index contributed by atoms with van der Waals surface area (Å²) in [5.41, 5.74) is 1.49. The van der Waals surface area contributed by atoms with E-state index >= 15 is 0 Å². The van der Waals surface area contributed by atoms with E-state index in [2.05, 4.69) is 19.1 Å². The standard InChI is InChI=1S/C18H25ClO/c1-2-20-18-10-7-15-11-14(3-4-16(15)12-18)13-5-8-17(19)9-6-13/h5-6,8-9,14-16,18H,2-4,7,10-12H2,1H3. The van der Waals surface area contributed by atoms with Crippen molar-refractivity contribution in [2.75, 3.05) is 6.61 Å². The Balaban J connectivity index is 1.61. The van der Waals surface area contributed by atoms with E-state index < -0.39 is 0 Å². The van der Waals surface area contributed by atoms with Gasteiger partial charge in [0.25, 0.3) is 0 Å². The lowest BCUT2D eigenvalue weighted by molar-refractivity contribution is -0.00955. The van der Waals surface area contributed by atoms with Crippen molar-refractivity contribution in [3.8, 4) is 0 Å². The molecule has 2 aliphatic rings. The van der Waals surface area contributed by atoms with Gasteiger partial charge in [0.05, 0.1) is 6.10 Å². The molecule has 4 atom stereocenters. The Morgan fingerprint density at radius 1 is 1.00 bits per heavy atom. The molecular formula is C18H25ClO. The summed E-state index contributed by atoms with van der Waals surface area (Å²) in [7, 11) is 0. The molecule has 110 valence electrons. The predicted molar refractivity (Wildman–Crippen MR) is 84.3 cm³/mol. The molecule has 4 unspecified atom stereocenters. The number of ether oxygens (including phenoxy) is 1. The van der Waals surface area contributed by atoms with E-state index in [9.17, 15) is 0 Å². The molecule has 0 amide bonds. The summed E-state index contributed by atoms with van der Waals surface area (Å²) in [6, 6.07) is 8.52. The molecule has 1 aromatic carbocycles. The highest BCUT2D eigenvalue weighted by molar-refractivity contribution is 6.30. The molecule has 0 bridgehead atoms. The van der Waals surface area contributed by atoms with Gasteiger partial charge in [-0.2, -0.15) is 0 Å². The Morgan fingerprint density at radius 2 is 1.70 bits per heavy atom. The number of halogens is 1. The van der Waals surface area contributed by atoms with Crippen molar-refractivity contribution in [2.45, 2.75) is 57.5 Å². The minimum Gasteiger partial charge on any atom is -0.378 e. The maximum absolute atomic E-state index is 5.99. The third-order valence-corrected chi connectivity index (χ3v) is 5.56. The van der Waals surface area contributed by atoms with Crippen LogP contribution in [0.4, 0.5) is 0 Å². The monoisotopic (exact) mass is 292 g/mol. The number of hydrogen-bond acceptors (Lipinski definition) is 1. The zero-order chi connectivity index (χ0) is 13.9. The van der Waals surface area contributed by atoms with Crippen LogP contribution in [0.25, 0.3) is 0 Å². The fourth-order valence-electron chi connectivity index (χ4n) is 4.27. The van der Waals surface area contributed by atoms with E-state index in [1.54, 1.807) is 0 Å². The minimum atomic E-state index is 0.535. The van der Waals surface area contributed by atoms with Gasteiger partial charge in [-0.3, -0.25) is 0 Å². The van der Waals surface area contributed by atoms with Crippen LogP contribution < -0.4 is 0 Å². The minimum absolute atomic E-state index is 0.535. The van der Waals surface area contributed by atoms with Gasteiger partial charge in [0, 0.05) is 11.6 Å². The van der Waals surface area contributed by atoms with Gasteiger partial charge < -0.3 is 4.74 Å². The van der Waals surface area contributed by atoms with Crippen molar-refractivity contribution in [1.29, 1.82) is 0 Å². The van der Waals surface area contributed by atoms with Gasteiger partial charge in [-0.05, 0) is 80.9 Å². The summed E-state index contributed by atoms with van der Waals surface area (Å²) in [6.07, 6.45) is 8.54. The van der Waals surface area contributed by atoms with Crippen molar-refractivity contribution in [1.82, 2.24) is 0 Å². The number of hydrogen-bond donors (Lipinski definition) is 0. The van der Waals surface area contributed by atoms with Crippen molar-refractivity contribution in [2.24, 2.45) is 11.8 Å². The Bertz CT molecular complexity index is 428. The molecule has 0 aromatic heterocycles. The van der Waals surface area contributed by atoms with Crippen LogP contribution in [0.3, 0.4) is 0 Å². The largest absolute Gasteiger partial charge is 0.378 e. The summed E-state index contributed by atoms with van der Waals surface area (Å²) >= 11 is 5.99. The highest BCUT2D eigenvalue weighted by Crippen LogP contribution is 2.46. The van der Waals surface area contributed by atoms with Crippen LogP contribution in [0.5, 0.6) is 0 Å². The molecule has 0 spiro atoms. The Hall–Kier alpha value is -0.530. The summed E-state index contributed by atoms with van der Waals surface area (Å²) in [5.74, 6) is 2.57. The van der Waals surface area contributed by atoms with E-state index in [4.69, 9.17) is 16.3 Å². The van der Waals surface area contributed by atoms with Crippen LogP contribution in [-0.4, -0.2) is 12.7 Å². The number of rotatable bonds is 3. The van der Waals surface area contributed by atoms with Crippen molar-refractivity contribution < 1.29 is 4.74 Å². The van der Waals surface area contributed by atoms with E-state index in [1.165, 1.54) is 44.1 Å². The van der Waals surface area contributed by atoms with Gasteiger partial charge in [-0.1, -0.05) is 23.7 Å². The zero-order valence-corrected chi connectivity index (χ0v) is 13.1. The average Bonchev–Trinajstić information content (AvgIpc) is 2.48. The topological polar surface area (TPSA) is 9.23 Å². The lowest BCUT2D eigenvalue weighted by atomic mass is 9.65. The summed E-state index contributed by atoms with van der Waals surface area (Å²) < 4.78 is 5.84. The Morgan fingerprint density at radius 3 is 2.45 bits per heavy atom. The van der Waals surface area contributed by atoms with Gasteiger partial charge in [0.15, 0.2) is 0 Å². The van der Waals surface area contributed by atoms with Crippen molar-refractivity contribution in [3.05, 3.63) is 34.9 Å². The average molecular weight is 293 g/mol. The molecule has 20 heavy (non-hydrogen) atoms. The molecule has 0 heterocycles. The maximum atomic E-state index is 5.99. The second-order valence-electron chi connectivity index (χ2n) is 6.47. The van der Waals surface area contributed by atoms with E-state index in [-0.39, 0.29) is 0 Å². The van der Waals surface area contributed by atoms with Gasteiger partial charge in [0.2, 0.25) is 0 Å². The van der Waals surface area contributed by atoms with Crippen LogP contribution >= 0.6 is 11.6 Å². The molecule has 1 aromatic rings. The molecule has 0 saturated heterocycles. The summed E-state index contributed by atoms with van der Waals surface area (Å²) in [5, 5.41) is 0.847. The van der Waals surface area contributed by atoms with Crippen molar-refractivity contribution >= 4 is 11.6 Å². The van der Waals surface area contributed by atoms with Crippen molar-refractivity contribution in [3.63, 3.8) is 0 Å². The first-order valence-electron chi connectivity index (χ1n) is 8.13. The van der Waals surface area contributed by atoms with Crippen LogP contribution in [0.1, 0.15) is 56.9 Å². The first-order chi connectivity index (χ1) is 9.76. The fraction of sp³-hybridized carbons (Fsp3) is 0.667. The van der Waals surface area contributed by atoms with Gasteiger partial charge >= 0.3 is 0 Å². The van der Waals surface area contributed by atoms with E-state index in [0.29, 0.717) is 6.10 Å². The van der Waals surface area contributed by atoms with Gasteiger partial charge in [0.1, 0.15) is 0 Å². The number of fused-ring (bicyclic) bond motifs is 1. The van der Waals surface area contributed by atoms with Gasteiger partial charge in [-0.25, -0.2) is 0 Å². The normalized spacial score (nSPS) is 33.7. The molecular weight excluding hydrogens is 268 g/mol. The Kier molecular flexibility index (Phi) is 4.68. The first-order valence-corrected chi connectivity index (χ1v) is 8.51. The lowest BCUT2D eigenvalue weighted by Crippen LogP contribution is -2.33. The van der Waals surface area contributed by atoms with E-state index in [1.807, 2.05) is 12.1 Å². The number of benzene rings is 1. The summed E-state index contributed by atoms with van der Waals surface area (Å²) in [6.45, 7) is 2.99.